The summed E-state index contributed by atoms with van der Waals surface area (Å²) >= 11 is 0. The van der Waals surface area contributed by atoms with Gasteiger partial charge in [0.1, 0.15) is 16.9 Å². The van der Waals surface area contributed by atoms with Gasteiger partial charge < -0.3 is 10.1 Å². The number of aryl methyl sites for hydroxylation is 1. The van der Waals surface area contributed by atoms with E-state index < -0.39 is 16.8 Å². The fraction of sp³-hybridized carbons (Fsp3) is 0.103. The van der Waals surface area contributed by atoms with Crippen molar-refractivity contribution in [3.8, 4) is 5.69 Å². The summed E-state index contributed by atoms with van der Waals surface area (Å²) in [5, 5.41) is 13.9. The van der Waals surface area contributed by atoms with Crippen LogP contribution >= 0.6 is 0 Å². The molecule has 0 radical (unpaired) electrons. The van der Waals surface area contributed by atoms with Crippen molar-refractivity contribution >= 4 is 51.7 Å². The maximum Gasteiger partial charge on any atom is 0.344 e. The monoisotopic (exact) mass is 521 g/mol. The van der Waals surface area contributed by atoms with E-state index in [1.807, 2.05) is 49.4 Å². The van der Waals surface area contributed by atoms with Crippen LogP contribution in [-0.4, -0.2) is 37.9 Å². The van der Waals surface area contributed by atoms with Gasteiger partial charge in [-0.2, -0.15) is 0 Å². The van der Waals surface area contributed by atoms with E-state index in [0.29, 0.717) is 27.9 Å². The highest BCUT2D eigenvalue weighted by Gasteiger charge is 2.28. The van der Waals surface area contributed by atoms with Crippen molar-refractivity contribution in [2.75, 3.05) is 11.9 Å². The highest BCUT2D eigenvalue weighted by Crippen LogP contribution is 2.33. The molecule has 1 amide bonds. The molecule has 5 rings (SSSR count). The minimum atomic E-state index is -0.657. The first-order valence-electron chi connectivity index (χ1n) is 12.1. The van der Waals surface area contributed by atoms with Crippen LogP contribution in [0.2, 0.25) is 0 Å². The fourth-order valence-electron chi connectivity index (χ4n) is 4.18. The zero-order chi connectivity index (χ0) is 27.5. The maximum absolute atomic E-state index is 13.2. The standard InChI is InChI=1S/C29H23N5O5/c1-3-39-29(36)25-26-28(31-23-10-5-4-9-22(23)30-26)33(20-14-11-18(2)12-15-20)27(25)32-24(35)16-13-19-7-6-8-21(17-19)34(37)38/h4-17H,3H2,1-2H3,(H,32,35). The topological polar surface area (TPSA) is 129 Å². The van der Waals surface area contributed by atoms with Crippen LogP contribution in [0.15, 0.2) is 78.9 Å². The number of nitrogens with one attached hydrogen (secondary N) is 1. The number of aromatic nitrogens is 3. The summed E-state index contributed by atoms with van der Waals surface area (Å²) < 4.78 is 7.02. The average molecular weight is 522 g/mol. The Labute approximate surface area is 222 Å². The molecule has 0 aliphatic heterocycles. The molecule has 1 N–H and O–H groups in total. The van der Waals surface area contributed by atoms with E-state index in [4.69, 9.17) is 14.7 Å². The van der Waals surface area contributed by atoms with Gasteiger partial charge in [0.25, 0.3) is 5.69 Å². The first kappa shape index (κ1) is 25.3. The molecule has 194 valence electrons. The Balaban J connectivity index is 1.68. The van der Waals surface area contributed by atoms with Crippen molar-refractivity contribution in [3.05, 3.63) is 106 Å². The number of carbonyl (C=O) groups is 2. The number of anilines is 1. The lowest BCUT2D eigenvalue weighted by Crippen LogP contribution is -2.16. The molecule has 2 aromatic heterocycles. The Hall–Kier alpha value is -5.38. The average Bonchev–Trinajstić information content (AvgIpc) is 3.23. The van der Waals surface area contributed by atoms with Gasteiger partial charge in [0.2, 0.25) is 5.91 Å². The molecule has 0 unspecified atom stereocenters. The van der Waals surface area contributed by atoms with Gasteiger partial charge in [-0.15, -0.1) is 0 Å². The molecule has 2 heterocycles. The Bertz CT molecular complexity index is 1770. The number of ether oxygens (including phenoxy) is 1. The van der Waals surface area contributed by atoms with E-state index in [-0.39, 0.29) is 29.2 Å². The van der Waals surface area contributed by atoms with Gasteiger partial charge in [-0.05, 0) is 49.8 Å². The van der Waals surface area contributed by atoms with Gasteiger partial charge in [-0.25, -0.2) is 14.8 Å². The summed E-state index contributed by atoms with van der Waals surface area (Å²) in [6.07, 6.45) is 2.69. The summed E-state index contributed by atoms with van der Waals surface area (Å²) in [7, 11) is 0. The van der Waals surface area contributed by atoms with E-state index in [1.54, 1.807) is 23.6 Å². The number of nitrogens with zero attached hydrogens (tertiary/aromatic N) is 4. The lowest BCUT2D eigenvalue weighted by molar-refractivity contribution is -0.384. The molecule has 0 aliphatic carbocycles. The van der Waals surface area contributed by atoms with Crippen LogP contribution in [0.1, 0.15) is 28.4 Å². The maximum atomic E-state index is 13.2. The normalized spacial score (nSPS) is 11.2. The van der Waals surface area contributed by atoms with E-state index in [9.17, 15) is 19.7 Å². The predicted octanol–water partition coefficient (Wildman–Crippen LogP) is 5.62. The first-order valence-corrected chi connectivity index (χ1v) is 12.1. The van der Waals surface area contributed by atoms with Crippen molar-refractivity contribution < 1.29 is 19.2 Å². The quantitative estimate of drug-likeness (QED) is 0.127. The summed E-state index contributed by atoms with van der Waals surface area (Å²) in [6.45, 7) is 3.77. The zero-order valence-corrected chi connectivity index (χ0v) is 21.1. The summed E-state index contributed by atoms with van der Waals surface area (Å²) in [5.74, 6) is -1.07. The molecule has 0 fully saturated rings. The predicted molar refractivity (Wildman–Crippen MR) is 148 cm³/mol. The first-order chi connectivity index (χ1) is 18.9. The van der Waals surface area contributed by atoms with Gasteiger partial charge in [0.15, 0.2) is 5.65 Å². The lowest BCUT2D eigenvalue weighted by atomic mass is 10.2. The molecule has 0 spiro atoms. The molecule has 10 heteroatoms. The highest BCUT2D eigenvalue weighted by molar-refractivity contribution is 6.13. The Morgan fingerprint density at radius 1 is 1.03 bits per heavy atom. The Kier molecular flexibility index (Phi) is 6.83. The van der Waals surface area contributed by atoms with Gasteiger partial charge in [0, 0.05) is 23.9 Å². The number of rotatable bonds is 7. The van der Waals surface area contributed by atoms with Crippen molar-refractivity contribution in [1.29, 1.82) is 0 Å². The number of hydrogen-bond donors (Lipinski definition) is 1. The zero-order valence-electron chi connectivity index (χ0n) is 21.1. The minimum Gasteiger partial charge on any atom is -0.462 e. The molecule has 10 nitrogen and oxygen atoms in total. The van der Waals surface area contributed by atoms with Crippen LogP contribution in [-0.2, 0) is 9.53 Å². The van der Waals surface area contributed by atoms with Crippen molar-refractivity contribution in [3.63, 3.8) is 0 Å². The molecule has 0 bridgehead atoms. The molecule has 39 heavy (non-hydrogen) atoms. The van der Waals surface area contributed by atoms with E-state index in [0.717, 1.165) is 5.56 Å². The van der Waals surface area contributed by atoms with Gasteiger partial charge in [-0.1, -0.05) is 42.0 Å². The molecular weight excluding hydrogens is 498 g/mol. The molecular formula is C29H23N5O5. The Morgan fingerprint density at radius 2 is 1.74 bits per heavy atom. The largest absolute Gasteiger partial charge is 0.462 e. The number of benzene rings is 3. The third kappa shape index (κ3) is 5.08. The summed E-state index contributed by atoms with van der Waals surface area (Å²) in [6, 6.07) is 20.7. The minimum absolute atomic E-state index is 0.0720. The van der Waals surface area contributed by atoms with Crippen molar-refractivity contribution in [2.45, 2.75) is 13.8 Å². The summed E-state index contributed by atoms with van der Waals surface area (Å²) in [5.41, 5.74) is 4.00. The number of nitro benzene ring substituents is 1. The third-order valence-electron chi connectivity index (χ3n) is 5.98. The fourth-order valence-corrected chi connectivity index (χ4v) is 4.18. The number of nitro groups is 1. The molecule has 0 atom stereocenters. The van der Waals surface area contributed by atoms with Crippen LogP contribution < -0.4 is 5.32 Å². The third-order valence-corrected chi connectivity index (χ3v) is 5.98. The van der Waals surface area contributed by atoms with E-state index in [1.165, 1.54) is 30.4 Å². The second kappa shape index (κ2) is 10.5. The van der Waals surface area contributed by atoms with Crippen LogP contribution in [0.4, 0.5) is 11.5 Å². The van der Waals surface area contributed by atoms with Crippen molar-refractivity contribution in [2.24, 2.45) is 0 Å². The number of hydrogen-bond acceptors (Lipinski definition) is 7. The molecule has 0 saturated carbocycles. The SMILES string of the molecule is CCOC(=O)c1c(NC(=O)C=Cc2cccc([N+](=O)[O-])c2)n(-c2ccc(C)cc2)c2nc3ccccc3nc12. The highest BCUT2D eigenvalue weighted by atomic mass is 16.6. The van der Waals surface area contributed by atoms with Gasteiger partial charge in [0.05, 0.1) is 22.6 Å². The van der Waals surface area contributed by atoms with Crippen LogP contribution in [0, 0.1) is 17.0 Å². The Morgan fingerprint density at radius 3 is 2.44 bits per heavy atom. The van der Waals surface area contributed by atoms with Crippen molar-refractivity contribution in [1.82, 2.24) is 14.5 Å². The number of carbonyl (C=O) groups excluding carboxylic acids is 2. The number of fused-ring (bicyclic) bond motifs is 2. The summed E-state index contributed by atoms with van der Waals surface area (Å²) in [4.78, 5) is 46.5. The lowest BCUT2D eigenvalue weighted by Gasteiger charge is -2.12. The van der Waals surface area contributed by atoms with Crippen LogP contribution in [0.25, 0.3) is 34.0 Å². The smallest absolute Gasteiger partial charge is 0.344 e. The van der Waals surface area contributed by atoms with Gasteiger partial charge >= 0.3 is 5.97 Å². The molecule has 0 aliphatic rings. The molecule has 5 aromatic rings. The second-order valence-electron chi connectivity index (χ2n) is 8.67. The molecule has 0 saturated heterocycles. The van der Waals surface area contributed by atoms with E-state index >= 15 is 0 Å². The number of non-ortho nitro benzene ring substituents is 1. The number of amides is 1. The van der Waals surface area contributed by atoms with E-state index in [2.05, 4.69) is 5.32 Å². The second-order valence-corrected chi connectivity index (χ2v) is 8.67. The number of para-hydroxylation sites is 2. The van der Waals surface area contributed by atoms with Crippen LogP contribution in [0.5, 0.6) is 0 Å². The van der Waals surface area contributed by atoms with Gasteiger partial charge in [-0.3, -0.25) is 19.5 Å². The number of esters is 1. The van der Waals surface area contributed by atoms with Crippen LogP contribution in [0.3, 0.4) is 0 Å². The molecule has 3 aromatic carbocycles.